The molecule has 1 amide bonds. The van der Waals surface area contributed by atoms with Gasteiger partial charge in [-0.05, 0) is 35.7 Å². The van der Waals surface area contributed by atoms with E-state index in [0.717, 1.165) is 5.56 Å². The van der Waals surface area contributed by atoms with E-state index in [1.54, 1.807) is 28.3 Å². The molecule has 118 valence electrons. The second kappa shape index (κ2) is 5.85. The number of anilines is 1. The minimum Gasteiger partial charge on any atom is -0.310 e. The van der Waals surface area contributed by atoms with Crippen LogP contribution < -0.4 is 5.32 Å². The number of carbonyl (C=O) groups is 1. The SMILES string of the molecule is C[C@H](C(=O)Nc1ccnn1[C@@H]1CCS(=O)(=O)C1)c1ccsc1. The lowest BCUT2D eigenvalue weighted by Gasteiger charge is -2.15. The van der Waals surface area contributed by atoms with Crippen LogP contribution in [0.25, 0.3) is 0 Å². The summed E-state index contributed by atoms with van der Waals surface area (Å²) in [6.45, 7) is 1.85. The number of aromatic nitrogens is 2. The van der Waals surface area contributed by atoms with Gasteiger partial charge in [0, 0.05) is 6.07 Å². The molecule has 1 saturated heterocycles. The topological polar surface area (TPSA) is 81.1 Å². The molecule has 1 aliphatic rings. The molecule has 0 aromatic carbocycles. The summed E-state index contributed by atoms with van der Waals surface area (Å²) >= 11 is 1.55. The third-order valence-electron chi connectivity index (χ3n) is 3.91. The molecule has 3 heterocycles. The molecule has 1 fully saturated rings. The normalized spacial score (nSPS) is 21.6. The van der Waals surface area contributed by atoms with Gasteiger partial charge in [0.15, 0.2) is 9.84 Å². The quantitative estimate of drug-likeness (QED) is 0.924. The van der Waals surface area contributed by atoms with E-state index < -0.39 is 9.84 Å². The molecule has 6 nitrogen and oxygen atoms in total. The second-order valence-corrected chi connectivity index (χ2v) is 8.49. The predicted molar refractivity (Wildman–Crippen MR) is 85.9 cm³/mol. The van der Waals surface area contributed by atoms with Crippen molar-refractivity contribution < 1.29 is 13.2 Å². The van der Waals surface area contributed by atoms with E-state index >= 15 is 0 Å². The monoisotopic (exact) mass is 339 g/mol. The van der Waals surface area contributed by atoms with Crippen molar-refractivity contribution in [2.45, 2.75) is 25.3 Å². The van der Waals surface area contributed by atoms with Crippen molar-refractivity contribution in [2.75, 3.05) is 16.8 Å². The molecule has 0 saturated carbocycles. The van der Waals surface area contributed by atoms with Crippen molar-refractivity contribution in [3.63, 3.8) is 0 Å². The number of nitrogens with zero attached hydrogens (tertiary/aromatic N) is 2. The Bertz CT molecular complexity index is 765. The maximum atomic E-state index is 12.3. The summed E-state index contributed by atoms with van der Waals surface area (Å²) in [4.78, 5) is 12.3. The maximum absolute atomic E-state index is 12.3. The van der Waals surface area contributed by atoms with Crippen LogP contribution in [0.4, 0.5) is 5.82 Å². The zero-order chi connectivity index (χ0) is 15.7. The molecule has 0 unspecified atom stereocenters. The van der Waals surface area contributed by atoms with Crippen molar-refractivity contribution in [1.29, 1.82) is 0 Å². The van der Waals surface area contributed by atoms with Crippen molar-refractivity contribution in [3.05, 3.63) is 34.7 Å². The molecule has 3 rings (SSSR count). The third-order valence-corrected chi connectivity index (χ3v) is 6.36. The van der Waals surface area contributed by atoms with E-state index in [1.165, 1.54) is 0 Å². The third kappa shape index (κ3) is 3.07. The summed E-state index contributed by atoms with van der Waals surface area (Å²) < 4.78 is 24.8. The first-order valence-corrected chi connectivity index (χ1v) is 9.79. The molecule has 8 heteroatoms. The zero-order valence-electron chi connectivity index (χ0n) is 12.1. The molecule has 1 aliphatic heterocycles. The van der Waals surface area contributed by atoms with Crippen LogP contribution >= 0.6 is 11.3 Å². The van der Waals surface area contributed by atoms with E-state index in [2.05, 4.69) is 10.4 Å². The first-order chi connectivity index (χ1) is 10.5. The average molecular weight is 339 g/mol. The first kappa shape index (κ1) is 15.2. The van der Waals surface area contributed by atoms with Gasteiger partial charge in [0.2, 0.25) is 5.91 Å². The molecule has 2 aromatic heterocycles. The largest absolute Gasteiger partial charge is 0.310 e. The Morgan fingerprint density at radius 1 is 1.50 bits per heavy atom. The van der Waals surface area contributed by atoms with Crippen molar-refractivity contribution in [2.24, 2.45) is 0 Å². The van der Waals surface area contributed by atoms with Crippen LogP contribution in [0.1, 0.15) is 30.9 Å². The molecule has 22 heavy (non-hydrogen) atoms. The van der Waals surface area contributed by atoms with Gasteiger partial charge in [-0.1, -0.05) is 0 Å². The highest BCUT2D eigenvalue weighted by atomic mass is 32.2. The van der Waals surface area contributed by atoms with Crippen LogP contribution in [-0.2, 0) is 14.6 Å². The van der Waals surface area contributed by atoms with Gasteiger partial charge in [-0.25, -0.2) is 13.1 Å². The van der Waals surface area contributed by atoms with Crippen LogP contribution in [0.2, 0.25) is 0 Å². The number of hydrogen-bond donors (Lipinski definition) is 1. The number of rotatable bonds is 4. The fraction of sp³-hybridized carbons (Fsp3) is 0.429. The smallest absolute Gasteiger partial charge is 0.232 e. The standard InChI is InChI=1S/C14H17N3O3S2/c1-10(11-3-6-21-8-11)14(18)16-13-2-5-15-17(13)12-4-7-22(19,20)9-12/h2-3,5-6,8,10,12H,4,7,9H2,1H3,(H,16,18)/t10-,12+/m0/s1. The van der Waals surface area contributed by atoms with Crippen LogP contribution in [-0.4, -0.2) is 35.6 Å². The Morgan fingerprint density at radius 2 is 2.32 bits per heavy atom. The van der Waals surface area contributed by atoms with Gasteiger partial charge < -0.3 is 5.32 Å². The number of hydrogen-bond acceptors (Lipinski definition) is 5. The summed E-state index contributed by atoms with van der Waals surface area (Å²) in [5, 5.41) is 10.9. The summed E-state index contributed by atoms with van der Waals surface area (Å²) in [6.07, 6.45) is 2.11. The van der Waals surface area contributed by atoms with Gasteiger partial charge >= 0.3 is 0 Å². The highest BCUT2D eigenvalue weighted by Crippen LogP contribution is 2.27. The van der Waals surface area contributed by atoms with Crippen LogP contribution in [0.3, 0.4) is 0 Å². The van der Waals surface area contributed by atoms with E-state index in [-0.39, 0.29) is 29.4 Å². The maximum Gasteiger partial charge on any atom is 0.232 e. The van der Waals surface area contributed by atoms with Gasteiger partial charge in [0.25, 0.3) is 0 Å². The fourth-order valence-electron chi connectivity index (χ4n) is 2.58. The molecular weight excluding hydrogens is 322 g/mol. The van der Waals surface area contributed by atoms with Gasteiger partial charge in [0.1, 0.15) is 5.82 Å². The number of nitrogens with one attached hydrogen (secondary N) is 1. The van der Waals surface area contributed by atoms with E-state index in [4.69, 9.17) is 0 Å². The molecular formula is C14H17N3O3S2. The molecule has 2 aromatic rings. The zero-order valence-corrected chi connectivity index (χ0v) is 13.7. The lowest BCUT2D eigenvalue weighted by Crippen LogP contribution is -2.22. The van der Waals surface area contributed by atoms with Crippen molar-refractivity contribution in [1.82, 2.24) is 9.78 Å². The average Bonchev–Trinajstić information content (AvgIpc) is 3.18. The fourth-order valence-corrected chi connectivity index (χ4v) is 5.03. The lowest BCUT2D eigenvalue weighted by molar-refractivity contribution is -0.117. The van der Waals surface area contributed by atoms with Crippen LogP contribution in [0, 0.1) is 0 Å². The summed E-state index contributed by atoms with van der Waals surface area (Å²) in [7, 11) is -2.99. The molecule has 0 aliphatic carbocycles. The Labute approximate surface area is 133 Å². The minimum absolute atomic E-state index is 0.0810. The highest BCUT2D eigenvalue weighted by molar-refractivity contribution is 7.91. The van der Waals surface area contributed by atoms with E-state index in [9.17, 15) is 13.2 Å². The predicted octanol–water partition coefficient (Wildman–Crippen LogP) is 2.05. The highest BCUT2D eigenvalue weighted by Gasteiger charge is 2.31. The number of carbonyl (C=O) groups excluding carboxylic acids is 1. The van der Waals surface area contributed by atoms with Gasteiger partial charge in [-0.3, -0.25) is 4.79 Å². The Morgan fingerprint density at radius 3 is 2.95 bits per heavy atom. The molecule has 2 atom stereocenters. The number of sulfone groups is 1. The second-order valence-electron chi connectivity index (χ2n) is 5.49. The Balaban J connectivity index is 1.74. The Kier molecular flexibility index (Phi) is 4.05. The van der Waals surface area contributed by atoms with Crippen LogP contribution in [0.15, 0.2) is 29.1 Å². The minimum atomic E-state index is -2.99. The van der Waals surface area contributed by atoms with Crippen LogP contribution in [0.5, 0.6) is 0 Å². The first-order valence-electron chi connectivity index (χ1n) is 7.03. The van der Waals surface area contributed by atoms with Crippen molar-refractivity contribution >= 4 is 32.9 Å². The van der Waals surface area contributed by atoms with Crippen molar-refractivity contribution in [3.8, 4) is 0 Å². The van der Waals surface area contributed by atoms with Gasteiger partial charge in [-0.2, -0.15) is 16.4 Å². The summed E-state index contributed by atoms with van der Waals surface area (Å²) in [5.41, 5.74) is 0.969. The summed E-state index contributed by atoms with van der Waals surface area (Å²) in [5.74, 6) is 0.422. The molecule has 0 bridgehead atoms. The number of amides is 1. The van der Waals surface area contributed by atoms with Gasteiger partial charge in [-0.15, -0.1) is 0 Å². The number of thiophene rings is 1. The molecule has 0 radical (unpaired) electrons. The Hall–Kier alpha value is -1.67. The van der Waals surface area contributed by atoms with Gasteiger partial charge in [0.05, 0.1) is 29.7 Å². The van der Waals surface area contributed by atoms with E-state index in [1.807, 2.05) is 23.8 Å². The van der Waals surface area contributed by atoms with E-state index in [0.29, 0.717) is 12.2 Å². The molecule has 1 N–H and O–H groups in total. The summed E-state index contributed by atoms with van der Waals surface area (Å²) in [6, 6.07) is 3.42. The molecule has 0 spiro atoms. The lowest BCUT2D eigenvalue weighted by atomic mass is 10.0.